The van der Waals surface area contributed by atoms with Crippen LogP contribution >= 0.6 is 0 Å². The average molecular weight is 156 g/mol. The number of hydrogen-bond acceptors (Lipinski definition) is 3. The summed E-state index contributed by atoms with van der Waals surface area (Å²) in [6, 6.07) is 0.203. The predicted molar refractivity (Wildman–Crippen MR) is 41.7 cm³/mol. The van der Waals surface area contributed by atoms with Crippen molar-refractivity contribution in [3.05, 3.63) is 0 Å². The maximum atomic E-state index is 11.0. The van der Waals surface area contributed by atoms with E-state index in [9.17, 15) is 4.79 Å². The van der Waals surface area contributed by atoms with Crippen molar-refractivity contribution in [3.63, 3.8) is 0 Å². The minimum absolute atomic E-state index is 0.203. The van der Waals surface area contributed by atoms with Crippen LogP contribution in [0.4, 0.5) is 4.79 Å². The van der Waals surface area contributed by atoms with Gasteiger partial charge in [-0.05, 0) is 13.8 Å². The van der Waals surface area contributed by atoms with E-state index in [1.165, 1.54) is 12.0 Å². The normalized spacial score (nSPS) is 23.4. The van der Waals surface area contributed by atoms with Crippen molar-refractivity contribution in [1.82, 2.24) is 4.90 Å². The topological polar surface area (TPSA) is 41.9 Å². The van der Waals surface area contributed by atoms with E-state index in [0.29, 0.717) is 6.54 Å². The van der Waals surface area contributed by atoms with Crippen molar-refractivity contribution < 1.29 is 9.53 Å². The second-order valence-electron chi connectivity index (χ2n) is 2.61. The molecule has 1 amide bonds. The summed E-state index contributed by atoms with van der Waals surface area (Å²) in [5, 5.41) is 0. The Kier molecular flexibility index (Phi) is 2.12. The lowest BCUT2D eigenvalue weighted by Crippen LogP contribution is -2.33. The number of methoxy groups -OCH3 is 1. The first-order valence-corrected chi connectivity index (χ1v) is 3.55. The molecule has 0 radical (unpaired) electrons. The molecule has 62 valence electrons. The van der Waals surface area contributed by atoms with E-state index in [0.717, 1.165) is 5.84 Å². The molecule has 11 heavy (non-hydrogen) atoms. The minimum Gasteiger partial charge on any atom is -0.452 e. The molecule has 1 heterocycles. The van der Waals surface area contributed by atoms with Gasteiger partial charge in [-0.1, -0.05) is 0 Å². The highest BCUT2D eigenvalue weighted by Gasteiger charge is 2.24. The van der Waals surface area contributed by atoms with Crippen LogP contribution in [0, 0.1) is 0 Å². The maximum absolute atomic E-state index is 11.0. The molecule has 1 unspecified atom stereocenters. The molecule has 1 aliphatic rings. The fourth-order valence-electron chi connectivity index (χ4n) is 1.14. The third-order valence-corrected chi connectivity index (χ3v) is 1.64. The number of rotatable bonds is 0. The minimum atomic E-state index is -0.324. The first kappa shape index (κ1) is 8.04. The molecule has 0 saturated heterocycles. The Hall–Kier alpha value is -1.06. The number of ether oxygens (including phenoxy) is 1. The van der Waals surface area contributed by atoms with Gasteiger partial charge in [-0.2, -0.15) is 0 Å². The number of aliphatic imine (C=N–C) groups is 1. The highest BCUT2D eigenvalue weighted by molar-refractivity contribution is 5.95. The number of carbonyl (C=O) groups excluding carboxylic acids is 1. The molecule has 0 spiro atoms. The standard InChI is InChI=1S/C7H12N2O2/c1-5-4-9(6(2)8-5)7(10)11-3/h5H,4H2,1-3H3. The molecule has 1 rings (SSSR count). The first-order chi connectivity index (χ1) is 5.15. The molecule has 1 atom stereocenters. The monoisotopic (exact) mass is 156 g/mol. The SMILES string of the molecule is COC(=O)N1CC(C)N=C1C. The molecule has 0 N–H and O–H groups in total. The van der Waals surface area contributed by atoms with Gasteiger partial charge in [0.25, 0.3) is 0 Å². The zero-order valence-corrected chi connectivity index (χ0v) is 7.00. The van der Waals surface area contributed by atoms with Crippen LogP contribution in [-0.2, 0) is 4.74 Å². The van der Waals surface area contributed by atoms with Crippen molar-refractivity contribution in [2.45, 2.75) is 19.9 Å². The van der Waals surface area contributed by atoms with Gasteiger partial charge in [0, 0.05) is 0 Å². The Balaban J connectivity index is 2.64. The molecule has 1 aliphatic heterocycles. The lowest BCUT2D eigenvalue weighted by atomic mass is 10.4. The van der Waals surface area contributed by atoms with Gasteiger partial charge in [0.2, 0.25) is 0 Å². The van der Waals surface area contributed by atoms with Crippen LogP contribution in [0.1, 0.15) is 13.8 Å². The van der Waals surface area contributed by atoms with Gasteiger partial charge in [-0.25, -0.2) is 4.79 Å². The van der Waals surface area contributed by atoms with Crippen LogP contribution in [0.5, 0.6) is 0 Å². The van der Waals surface area contributed by atoms with E-state index in [4.69, 9.17) is 0 Å². The second-order valence-corrected chi connectivity index (χ2v) is 2.61. The summed E-state index contributed by atoms with van der Waals surface area (Å²) >= 11 is 0. The summed E-state index contributed by atoms with van der Waals surface area (Å²) in [6.45, 7) is 4.41. The Bertz CT molecular complexity index is 201. The van der Waals surface area contributed by atoms with E-state index in [1.54, 1.807) is 6.92 Å². The van der Waals surface area contributed by atoms with E-state index < -0.39 is 0 Å². The largest absolute Gasteiger partial charge is 0.452 e. The lowest BCUT2D eigenvalue weighted by molar-refractivity contribution is 0.147. The maximum Gasteiger partial charge on any atom is 0.414 e. The van der Waals surface area contributed by atoms with Crippen molar-refractivity contribution in [1.29, 1.82) is 0 Å². The van der Waals surface area contributed by atoms with E-state index in [2.05, 4.69) is 9.73 Å². The van der Waals surface area contributed by atoms with Crippen LogP contribution in [0.3, 0.4) is 0 Å². The van der Waals surface area contributed by atoms with Crippen molar-refractivity contribution in [2.75, 3.05) is 13.7 Å². The molecule has 0 aromatic carbocycles. The van der Waals surface area contributed by atoms with Crippen molar-refractivity contribution in [3.8, 4) is 0 Å². The van der Waals surface area contributed by atoms with Crippen LogP contribution in [0.2, 0.25) is 0 Å². The van der Waals surface area contributed by atoms with Gasteiger partial charge in [-0.3, -0.25) is 9.89 Å². The van der Waals surface area contributed by atoms with Gasteiger partial charge in [0.05, 0.1) is 19.7 Å². The van der Waals surface area contributed by atoms with Crippen LogP contribution in [0.15, 0.2) is 4.99 Å². The third kappa shape index (κ3) is 1.50. The number of carbonyl (C=O) groups is 1. The molecule has 0 aromatic rings. The molecule has 0 aliphatic carbocycles. The van der Waals surface area contributed by atoms with Crippen molar-refractivity contribution in [2.24, 2.45) is 4.99 Å². The molecule has 4 nitrogen and oxygen atoms in total. The van der Waals surface area contributed by atoms with Crippen LogP contribution in [-0.4, -0.2) is 36.5 Å². The molecular formula is C7H12N2O2. The third-order valence-electron chi connectivity index (χ3n) is 1.64. The zero-order chi connectivity index (χ0) is 8.43. The summed E-state index contributed by atoms with van der Waals surface area (Å²) in [5.41, 5.74) is 0. The summed E-state index contributed by atoms with van der Waals surface area (Å²) in [7, 11) is 1.37. The van der Waals surface area contributed by atoms with E-state index in [-0.39, 0.29) is 12.1 Å². The van der Waals surface area contributed by atoms with E-state index in [1.807, 2.05) is 6.92 Å². The Morgan fingerprint density at radius 2 is 2.45 bits per heavy atom. The average Bonchev–Trinajstić information content (AvgIpc) is 2.28. The number of amides is 1. The van der Waals surface area contributed by atoms with Gasteiger partial charge >= 0.3 is 6.09 Å². The smallest absolute Gasteiger partial charge is 0.414 e. The van der Waals surface area contributed by atoms with Gasteiger partial charge < -0.3 is 4.74 Å². The molecule has 0 fully saturated rings. The van der Waals surface area contributed by atoms with Gasteiger partial charge in [-0.15, -0.1) is 0 Å². The molecular weight excluding hydrogens is 144 g/mol. The highest BCUT2D eigenvalue weighted by Crippen LogP contribution is 2.08. The fraction of sp³-hybridized carbons (Fsp3) is 0.714. The number of amidine groups is 1. The van der Waals surface area contributed by atoms with Gasteiger partial charge in [0.15, 0.2) is 0 Å². The van der Waals surface area contributed by atoms with Crippen LogP contribution < -0.4 is 0 Å². The molecule has 0 aromatic heterocycles. The van der Waals surface area contributed by atoms with Crippen molar-refractivity contribution >= 4 is 11.9 Å². The summed E-state index contributed by atoms with van der Waals surface area (Å²) in [4.78, 5) is 16.7. The van der Waals surface area contributed by atoms with Gasteiger partial charge in [0.1, 0.15) is 5.84 Å². The Morgan fingerprint density at radius 1 is 1.82 bits per heavy atom. The van der Waals surface area contributed by atoms with E-state index >= 15 is 0 Å². The van der Waals surface area contributed by atoms with Crippen LogP contribution in [0.25, 0.3) is 0 Å². The summed E-state index contributed by atoms with van der Waals surface area (Å²) in [5.74, 6) is 0.740. The predicted octanol–water partition coefficient (Wildman–Crippen LogP) is 0.875. The zero-order valence-electron chi connectivity index (χ0n) is 7.00. The fourth-order valence-corrected chi connectivity index (χ4v) is 1.14. The summed E-state index contributed by atoms with van der Waals surface area (Å²) < 4.78 is 4.56. The lowest BCUT2D eigenvalue weighted by Gasteiger charge is -2.13. The quantitative estimate of drug-likeness (QED) is 0.522. The molecule has 4 heteroatoms. The summed E-state index contributed by atoms with van der Waals surface area (Å²) in [6.07, 6.45) is -0.324. The number of hydrogen-bond donors (Lipinski definition) is 0. The Labute approximate surface area is 65.9 Å². The first-order valence-electron chi connectivity index (χ1n) is 3.55. The Morgan fingerprint density at radius 3 is 2.82 bits per heavy atom. The number of nitrogens with zero attached hydrogens (tertiary/aromatic N) is 2. The molecule has 0 bridgehead atoms. The highest BCUT2D eigenvalue weighted by atomic mass is 16.5. The second kappa shape index (κ2) is 2.90. The molecule has 0 saturated carbocycles.